The van der Waals surface area contributed by atoms with Gasteiger partial charge in [-0.25, -0.2) is 14.0 Å². The van der Waals surface area contributed by atoms with E-state index in [4.69, 9.17) is 9.47 Å². The maximum absolute atomic E-state index is 14.6. The predicted molar refractivity (Wildman–Crippen MR) is 126 cm³/mol. The number of amides is 2. The van der Waals surface area contributed by atoms with Gasteiger partial charge in [-0.15, -0.1) is 0 Å². The van der Waals surface area contributed by atoms with Crippen LogP contribution in [0.15, 0.2) is 66.7 Å². The van der Waals surface area contributed by atoms with Crippen molar-refractivity contribution in [3.8, 4) is 11.1 Å². The summed E-state index contributed by atoms with van der Waals surface area (Å²) in [4.78, 5) is 36.6. The summed E-state index contributed by atoms with van der Waals surface area (Å²) < 4.78 is 24.8. The second-order valence-electron chi connectivity index (χ2n) is 7.93. The van der Waals surface area contributed by atoms with E-state index in [0.29, 0.717) is 0 Å². The molecule has 0 saturated heterocycles. The topological polar surface area (TPSA) is 114 Å². The summed E-state index contributed by atoms with van der Waals surface area (Å²) in [5.41, 5.74) is 3.50. The van der Waals surface area contributed by atoms with E-state index in [1.165, 1.54) is 19.2 Å². The minimum absolute atomic E-state index is 0.00473. The zero-order chi connectivity index (χ0) is 24.9. The summed E-state index contributed by atoms with van der Waals surface area (Å²) in [7, 11) is 1.29. The Morgan fingerprint density at radius 1 is 0.971 bits per heavy atom. The number of anilines is 1. The standard InChI is InChI=1S/C26H23FN2O6/c1-34-14-22(25(31)32)28-24(30)19-11-6-12-21(27)23(19)29-26(33)35-13-20-17-9-4-2-7-15(17)16-8-3-5-10-18(16)20/h2-12,20,22H,13-14H2,1H3,(H,28,30)(H,29,33)(H,31,32). The summed E-state index contributed by atoms with van der Waals surface area (Å²) in [6, 6.07) is 17.9. The van der Waals surface area contributed by atoms with Gasteiger partial charge in [0.1, 0.15) is 12.4 Å². The average molecular weight is 478 g/mol. The fourth-order valence-corrected chi connectivity index (χ4v) is 4.15. The van der Waals surface area contributed by atoms with Crippen LogP contribution < -0.4 is 10.6 Å². The SMILES string of the molecule is COCC(NC(=O)c1cccc(F)c1NC(=O)OCC1c2ccccc2-c2ccccc21)C(=O)O. The molecule has 35 heavy (non-hydrogen) atoms. The molecule has 0 spiro atoms. The Labute approximate surface area is 200 Å². The van der Waals surface area contributed by atoms with Crippen LogP contribution in [0.4, 0.5) is 14.9 Å². The molecule has 0 saturated carbocycles. The average Bonchev–Trinajstić information content (AvgIpc) is 3.17. The first kappa shape index (κ1) is 23.9. The first-order valence-corrected chi connectivity index (χ1v) is 10.8. The van der Waals surface area contributed by atoms with Crippen LogP contribution in [0, 0.1) is 5.82 Å². The number of halogens is 1. The van der Waals surface area contributed by atoms with Gasteiger partial charge < -0.3 is 19.9 Å². The number of carbonyl (C=O) groups is 3. The van der Waals surface area contributed by atoms with E-state index in [-0.39, 0.29) is 24.7 Å². The highest BCUT2D eigenvalue weighted by molar-refractivity contribution is 6.04. The van der Waals surface area contributed by atoms with Crippen molar-refractivity contribution >= 4 is 23.7 Å². The molecule has 0 heterocycles. The number of aliphatic carboxylic acids is 1. The molecular formula is C26H23FN2O6. The summed E-state index contributed by atoms with van der Waals surface area (Å²) in [6.07, 6.45) is -0.947. The first-order chi connectivity index (χ1) is 16.9. The number of methoxy groups -OCH3 is 1. The Kier molecular flexibility index (Phi) is 7.07. The van der Waals surface area contributed by atoms with E-state index >= 15 is 0 Å². The van der Waals surface area contributed by atoms with Gasteiger partial charge in [0.25, 0.3) is 5.91 Å². The van der Waals surface area contributed by atoms with Gasteiger partial charge in [0, 0.05) is 13.0 Å². The smallest absolute Gasteiger partial charge is 0.411 e. The van der Waals surface area contributed by atoms with Crippen molar-refractivity contribution in [2.24, 2.45) is 0 Å². The number of carboxylic acid groups (broad SMARTS) is 1. The molecule has 0 aromatic heterocycles. The number of para-hydroxylation sites is 1. The number of hydrogen-bond donors (Lipinski definition) is 3. The van der Waals surface area contributed by atoms with E-state index in [9.17, 15) is 23.9 Å². The Morgan fingerprint density at radius 3 is 2.20 bits per heavy atom. The van der Waals surface area contributed by atoms with Crippen molar-refractivity contribution < 1.29 is 33.4 Å². The lowest BCUT2D eigenvalue weighted by molar-refractivity contribution is -0.140. The number of rotatable bonds is 8. The summed E-state index contributed by atoms with van der Waals surface area (Å²) in [5.74, 6) is -3.27. The molecule has 1 atom stereocenters. The highest BCUT2D eigenvalue weighted by Crippen LogP contribution is 2.44. The quantitative estimate of drug-likeness (QED) is 0.451. The summed E-state index contributed by atoms with van der Waals surface area (Å²) >= 11 is 0. The number of hydrogen-bond acceptors (Lipinski definition) is 5. The number of carboxylic acids is 1. The highest BCUT2D eigenvalue weighted by atomic mass is 19.1. The van der Waals surface area contributed by atoms with E-state index < -0.39 is 35.5 Å². The zero-order valence-electron chi connectivity index (χ0n) is 18.8. The maximum atomic E-state index is 14.6. The summed E-state index contributed by atoms with van der Waals surface area (Å²) in [6.45, 7) is -0.281. The molecule has 1 aliphatic rings. The minimum atomic E-state index is -1.35. The van der Waals surface area contributed by atoms with Gasteiger partial charge in [0.15, 0.2) is 6.04 Å². The van der Waals surface area contributed by atoms with Crippen LogP contribution in [0.5, 0.6) is 0 Å². The second-order valence-corrected chi connectivity index (χ2v) is 7.93. The molecule has 3 aromatic rings. The van der Waals surface area contributed by atoms with Crippen LogP contribution in [0.3, 0.4) is 0 Å². The van der Waals surface area contributed by atoms with Crippen molar-refractivity contribution in [2.75, 3.05) is 25.6 Å². The van der Waals surface area contributed by atoms with E-state index in [1.54, 1.807) is 0 Å². The molecule has 9 heteroatoms. The molecule has 0 radical (unpaired) electrons. The minimum Gasteiger partial charge on any atom is -0.480 e. The van der Waals surface area contributed by atoms with Crippen molar-refractivity contribution in [3.05, 3.63) is 89.2 Å². The van der Waals surface area contributed by atoms with Crippen LogP contribution in [0.25, 0.3) is 11.1 Å². The van der Waals surface area contributed by atoms with Gasteiger partial charge in [-0.2, -0.15) is 0 Å². The lowest BCUT2D eigenvalue weighted by atomic mass is 9.98. The number of carbonyl (C=O) groups excluding carboxylic acids is 2. The predicted octanol–water partition coefficient (Wildman–Crippen LogP) is 4.02. The molecular weight excluding hydrogens is 455 g/mol. The lowest BCUT2D eigenvalue weighted by Gasteiger charge is -2.17. The Balaban J connectivity index is 1.49. The van der Waals surface area contributed by atoms with Gasteiger partial charge >= 0.3 is 12.1 Å². The van der Waals surface area contributed by atoms with Crippen LogP contribution in [0.1, 0.15) is 27.4 Å². The van der Waals surface area contributed by atoms with Crippen LogP contribution >= 0.6 is 0 Å². The van der Waals surface area contributed by atoms with Gasteiger partial charge in [-0.05, 0) is 34.4 Å². The normalized spacial score (nSPS) is 12.9. The van der Waals surface area contributed by atoms with Crippen LogP contribution in [0.2, 0.25) is 0 Å². The molecule has 3 N–H and O–H groups in total. The third-order valence-electron chi connectivity index (χ3n) is 5.77. The fourth-order valence-electron chi connectivity index (χ4n) is 4.15. The molecule has 0 aliphatic heterocycles. The third-order valence-corrected chi connectivity index (χ3v) is 5.77. The largest absolute Gasteiger partial charge is 0.480 e. The summed E-state index contributed by atoms with van der Waals surface area (Å²) in [5, 5.41) is 13.8. The van der Waals surface area contributed by atoms with Gasteiger partial charge in [-0.1, -0.05) is 54.6 Å². The Hall–Kier alpha value is -4.24. The Morgan fingerprint density at radius 2 is 1.60 bits per heavy atom. The monoisotopic (exact) mass is 478 g/mol. The van der Waals surface area contributed by atoms with Crippen molar-refractivity contribution in [3.63, 3.8) is 0 Å². The number of nitrogens with one attached hydrogen (secondary N) is 2. The Bertz CT molecular complexity index is 1230. The molecule has 180 valence electrons. The zero-order valence-corrected chi connectivity index (χ0v) is 18.8. The molecule has 2 amide bonds. The van der Waals surface area contributed by atoms with Crippen molar-refractivity contribution in [1.29, 1.82) is 0 Å². The number of fused-ring (bicyclic) bond motifs is 3. The van der Waals surface area contributed by atoms with E-state index in [2.05, 4.69) is 10.6 Å². The number of benzene rings is 3. The molecule has 1 aliphatic carbocycles. The second kappa shape index (κ2) is 10.4. The molecule has 8 nitrogen and oxygen atoms in total. The number of ether oxygens (including phenoxy) is 2. The molecule has 4 rings (SSSR count). The molecule has 1 unspecified atom stereocenters. The lowest BCUT2D eigenvalue weighted by Crippen LogP contribution is -2.44. The van der Waals surface area contributed by atoms with Crippen molar-refractivity contribution in [1.82, 2.24) is 5.32 Å². The molecule has 0 bridgehead atoms. The maximum Gasteiger partial charge on any atom is 0.411 e. The highest BCUT2D eigenvalue weighted by Gasteiger charge is 2.29. The molecule has 3 aromatic carbocycles. The van der Waals surface area contributed by atoms with Gasteiger partial charge in [0.05, 0.1) is 17.9 Å². The van der Waals surface area contributed by atoms with Gasteiger partial charge in [0.2, 0.25) is 0 Å². The van der Waals surface area contributed by atoms with Crippen molar-refractivity contribution in [2.45, 2.75) is 12.0 Å². The van der Waals surface area contributed by atoms with Crippen LogP contribution in [-0.4, -0.2) is 49.4 Å². The first-order valence-electron chi connectivity index (χ1n) is 10.8. The van der Waals surface area contributed by atoms with E-state index in [1.807, 2.05) is 48.5 Å². The van der Waals surface area contributed by atoms with Gasteiger partial charge in [-0.3, -0.25) is 10.1 Å². The van der Waals surface area contributed by atoms with E-state index in [0.717, 1.165) is 28.3 Å². The van der Waals surface area contributed by atoms with Crippen LogP contribution in [-0.2, 0) is 14.3 Å². The third kappa shape index (κ3) is 4.99. The molecule has 0 fully saturated rings. The fraction of sp³-hybridized carbons (Fsp3) is 0.192.